The van der Waals surface area contributed by atoms with E-state index >= 15 is 0 Å². The Morgan fingerprint density at radius 3 is 2.62 bits per heavy atom. The van der Waals surface area contributed by atoms with Gasteiger partial charge in [-0.25, -0.2) is 0 Å². The fourth-order valence-electron chi connectivity index (χ4n) is 1.67. The molecule has 1 unspecified atom stereocenters. The number of halogens is 1. The number of carbonyl (C=O) groups is 1. The summed E-state index contributed by atoms with van der Waals surface area (Å²) in [6, 6.07) is 6.54. The van der Waals surface area contributed by atoms with Gasteiger partial charge < -0.3 is 15.5 Å². The van der Waals surface area contributed by atoms with Gasteiger partial charge in [-0.3, -0.25) is 14.9 Å². The first-order chi connectivity index (χ1) is 9.45. The van der Waals surface area contributed by atoms with Crippen LogP contribution in [-0.4, -0.2) is 44.1 Å². The molecule has 0 aromatic heterocycles. The molecule has 1 rings (SSSR count). The number of nitrogens with zero attached hydrogens (tertiary/aromatic N) is 2. The molecule has 118 valence electrons. The van der Waals surface area contributed by atoms with Crippen molar-refractivity contribution in [3.8, 4) is 0 Å². The van der Waals surface area contributed by atoms with Crippen LogP contribution >= 0.6 is 12.4 Å². The van der Waals surface area contributed by atoms with E-state index in [9.17, 15) is 14.9 Å². The normalized spacial score (nSPS) is 11.2. The lowest BCUT2D eigenvalue weighted by Gasteiger charge is -2.19. The summed E-state index contributed by atoms with van der Waals surface area (Å²) in [6.07, 6.45) is 0. The molecular weight excluding hydrogens is 296 g/mol. The zero-order valence-corrected chi connectivity index (χ0v) is 13.1. The Morgan fingerprint density at radius 2 is 2.05 bits per heavy atom. The Bertz CT molecular complexity index is 484. The molecule has 0 saturated carbocycles. The molecule has 0 bridgehead atoms. The van der Waals surface area contributed by atoms with Gasteiger partial charge in [-0.15, -0.1) is 12.4 Å². The van der Waals surface area contributed by atoms with E-state index in [0.717, 1.165) is 0 Å². The molecule has 1 amide bonds. The third kappa shape index (κ3) is 5.97. The lowest BCUT2D eigenvalue weighted by Crippen LogP contribution is -2.41. The topological polar surface area (TPSA) is 87.5 Å². The number of amides is 1. The van der Waals surface area contributed by atoms with Crippen LogP contribution in [0, 0.1) is 10.1 Å². The van der Waals surface area contributed by atoms with E-state index in [2.05, 4.69) is 10.6 Å². The van der Waals surface area contributed by atoms with Gasteiger partial charge in [-0.05, 0) is 20.0 Å². The molecule has 0 aliphatic rings. The molecular formula is C13H21ClN4O3. The maximum absolute atomic E-state index is 11.8. The summed E-state index contributed by atoms with van der Waals surface area (Å²) in [7, 11) is 3.47. The van der Waals surface area contributed by atoms with Crippen LogP contribution in [0.1, 0.15) is 6.92 Å². The molecule has 0 spiro atoms. The third-order valence-corrected chi connectivity index (χ3v) is 2.97. The second kappa shape index (κ2) is 9.15. The van der Waals surface area contributed by atoms with Crippen molar-refractivity contribution < 1.29 is 9.72 Å². The van der Waals surface area contributed by atoms with E-state index in [-0.39, 0.29) is 36.6 Å². The maximum Gasteiger partial charge on any atom is 0.292 e. The highest BCUT2D eigenvalue weighted by Gasteiger charge is 2.17. The minimum absolute atomic E-state index is 0. The summed E-state index contributed by atoms with van der Waals surface area (Å²) >= 11 is 0. The van der Waals surface area contributed by atoms with Crippen LogP contribution in [-0.2, 0) is 4.79 Å². The summed E-state index contributed by atoms with van der Waals surface area (Å²) in [4.78, 5) is 23.8. The molecule has 0 radical (unpaired) electrons. The van der Waals surface area contributed by atoms with Crippen molar-refractivity contribution in [2.45, 2.75) is 13.0 Å². The number of carbonyl (C=O) groups excluding carboxylic acids is 1. The number of nitrogens with one attached hydrogen (secondary N) is 2. The summed E-state index contributed by atoms with van der Waals surface area (Å²) in [6.45, 7) is 2.54. The van der Waals surface area contributed by atoms with Crippen LogP contribution in [0.25, 0.3) is 0 Å². The zero-order chi connectivity index (χ0) is 15.1. The largest absolute Gasteiger partial charge is 0.360 e. The minimum Gasteiger partial charge on any atom is -0.360 e. The first kappa shape index (κ1) is 19.1. The van der Waals surface area contributed by atoms with Crippen LogP contribution in [0.4, 0.5) is 11.4 Å². The van der Waals surface area contributed by atoms with Gasteiger partial charge in [0.25, 0.3) is 5.69 Å². The summed E-state index contributed by atoms with van der Waals surface area (Å²) in [5.41, 5.74) is 0.417. The SMILES string of the molecule is CNC(C)CNC(=O)CN(C)c1ccccc1[N+](=O)[O-].Cl. The van der Waals surface area contributed by atoms with Crippen LogP contribution < -0.4 is 15.5 Å². The minimum atomic E-state index is -0.452. The monoisotopic (exact) mass is 316 g/mol. The van der Waals surface area contributed by atoms with Crippen LogP contribution in [0.15, 0.2) is 24.3 Å². The van der Waals surface area contributed by atoms with Crippen molar-refractivity contribution in [2.75, 3.05) is 32.1 Å². The number of hydrogen-bond donors (Lipinski definition) is 2. The molecule has 0 fully saturated rings. The number of anilines is 1. The second-order valence-electron chi connectivity index (χ2n) is 4.60. The Kier molecular flexibility index (Phi) is 8.34. The van der Waals surface area contributed by atoms with Gasteiger partial charge in [0.1, 0.15) is 5.69 Å². The van der Waals surface area contributed by atoms with E-state index in [4.69, 9.17) is 0 Å². The number of hydrogen-bond acceptors (Lipinski definition) is 5. The Hall–Kier alpha value is -1.86. The van der Waals surface area contributed by atoms with Crippen LogP contribution in [0.5, 0.6) is 0 Å². The highest BCUT2D eigenvalue weighted by molar-refractivity contribution is 5.85. The molecule has 2 N–H and O–H groups in total. The Morgan fingerprint density at radius 1 is 1.43 bits per heavy atom. The van der Waals surface area contributed by atoms with Gasteiger partial charge in [0, 0.05) is 25.7 Å². The maximum atomic E-state index is 11.8. The van der Waals surface area contributed by atoms with E-state index in [1.54, 1.807) is 30.1 Å². The fourth-order valence-corrected chi connectivity index (χ4v) is 1.67. The van der Waals surface area contributed by atoms with Crippen molar-refractivity contribution >= 4 is 29.7 Å². The highest BCUT2D eigenvalue weighted by Crippen LogP contribution is 2.26. The number of rotatable bonds is 7. The van der Waals surface area contributed by atoms with Gasteiger partial charge in [-0.1, -0.05) is 12.1 Å². The van der Waals surface area contributed by atoms with Crippen molar-refractivity contribution in [3.63, 3.8) is 0 Å². The Balaban J connectivity index is 0.00000400. The van der Waals surface area contributed by atoms with Gasteiger partial charge in [0.15, 0.2) is 0 Å². The third-order valence-electron chi connectivity index (χ3n) is 2.97. The molecule has 8 heteroatoms. The summed E-state index contributed by atoms with van der Waals surface area (Å²) < 4.78 is 0. The average Bonchev–Trinajstić information content (AvgIpc) is 2.44. The van der Waals surface area contributed by atoms with Gasteiger partial charge >= 0.3 is 0 Å². The average molecular weight is 317 g/mol. The fraction of sp³-hybridized carbons (Fsp3) is 0.462. The van der Waals surface area contributed by atoms with Crippen molar-refractivity contribution in [1.82, 2.24) is 10.6 Å². The summed E-state index contributed by atoms with van der Waals surface area (Å²) in [5, 5.41) is 16.7. The molecule has 0 heterocycles. The first-order valence-electron chi connectivity index (χ1n) is 6.34. The van der Waals surface area contributed by atoms with E-state index in [1.807, 2.05) is 14.0 Å². The van der Waals surface area contributed by atoms with E-state index in [1.165, 1.54) is 6.07 Å². The molecule has 1 aromatic carbocycles. The quantitative estimate of drug-likeness (QED) is 0.582. The second-order valence-corrected chi connectivity index (χ2v) is 4.60. The number of nitro benzene ring substituents is 1. The smallest absolute Gasteiger partial charge is 0.292 e. The lowest BCUT2D eigenvalue weighted by molar-refractivity contribution is -0.384. The van der Waals surface area contributed by atoms with Gasteiger partial charge in [-0.2, -0.15) is 0 Å². The van der Waals surface area contributed by atoms with Crippen LogP contribution in [0.3, 0.4) is 0 Å². The standard InChI is InChI=1S/C13H20N4O3.ClH/c1-10(14-2)8-15-13(18)9-16(3)11-6-4-5-7-12(11)17(19)20;/h4-7,10,14H,8-9H2,1-3H3,(H,15,18);1H. The molecule has 0 saturated heterocycles. The molecule has 1 aromatic rings. The number of para-hydroxylation sites is 2. The van der Waals surface area contributed by atoms with Crippen LogP contribution in [0.2, 0.25) is 0 Å². The van der Waals surface area contributed by atoms with Crippen molar-refractivity contribution in [1.29, 1.82) is 0 Å². The molecule has 7 nitrogen and oxygen atoms in total. The molecule has 0 aliphatic carbocycles. The summed E-state index contributed by atoms with van der Waals surface area (Å²) in [5.74, 6) is -0.173. The van der Waals surface area contributed by atoms with Crippen molar-refractivity contribution in [2.24, 2.45) is 0 Å². The van der Waals surface area contributed by atoms with E-state index in [0.29, 0.717) is 12.2 Å². The molecule has 0 aliphatic heterocycles. The van der Waals surface area contributed by atoms with Gasteiger partial charge in [0.05, 0.1) is 11.5 Å². The number of likely N-dealkylation sites (N-methyl/N-ethyl adjacent to an activating group) is 2. The molecule has 21 heavy (non-hydrogen) atoms. The first-order valence-corrected chi connectivity index (χ1v) is 6.34. The Labute approximate surface area is 130 Å². The lowest BCUT2D eigenvalue weighted by atomic mass is 10.2. The number of nitro groups is 1. The highest BCUT2D eigenvalue weighted by atomic mass is 35.5. The number of benzene rings is 1. The van der Waals surface area contributed by atoms with Gasteiger partial charge in [0.2, 0.25) is 5.91 Å². The van der Waals surface area contributed by atoms with Crippen molar-refractivity contribution in [3.05, 3.63) is 34.4 Å². The van der Waals surface area contributed by atoms with E-state index < -0.39 is 4.92 Å². The predicted octanol–water partition coefficient (Wildman–Crippen LogP) is 1.18. The zero-order valence-electron chi connectivity index (χ0n) is 12.3. The molecule has 1 atom stereocenters. The predicted molar refractivity (Wildman–Crippen MR) is 85.1 cm³/mol.